The average Bonchev–Trinajstić information content (AvgIpc) is 2.67. The number of carbonyl (C=O) groups is 2. The first-order valence-corrected chi connectivity index (χ1v) is 8.22. The molecule has 0 bridgehead atoms. The Balaban J connectivity index is 1.65. The normalized spacial score (nSPS) is 10.3. The second-order valence-electron chi connectivity index (χ2n) is 5.52. The van der Waals surface area contributed by atoms with Crippen LogP contribution in [-0.4, -0.2) is 23.5 Å². The van der Waals surface area contributed by atoms with Crippen molar-refractivity contribution in [1.29, 1.82) is 0 Å². The molecule has 0 aliphatic carbocycles. The molecular formula is C19H19N5O2. The van der Waals surface area contributed by atoms with Crippen molar-refractivity contribution in [2.24, 2.45) is 0 Å². The molecule has 0 saturated carbocycles. The number of carbonyl (C=O) groups excluding carboxylic acids is 2. The number of benzene rings is 2. The maximum atomic E-state index is 12.2. The zero-order valence-electron chi connectivity index (χ0n) is 14.2. The van der Waals surface area contributed by atoms with Crippen molar-refractivity contribution in [3.63, 3.8) is 0 Å². The summed E-state index contributed by atoms with van der Waals surface area (Å²) in [5.41, 5.74) is 7.74. The van der Waals surface area contributed by atoms with Gasteiger partial charge in [-0.3, -0.25) is 15.2 Å². The van der Waals surface area contributed by atoms with Crippen LogP contribution < -0.4 is 21.5 Å². The predicted octanol–water partition coefficient (Wildman–Crippen LogP) is 3.13. The van der Waals surface area contributed by atoms with Crippen LogP contribution >= 0.6 is 0 Å². The number of para-hydroxylation sites is 1. The largest absolute Gasteiger partial charge is 0.323 e. The number of pyridine rings is 1. The lowest BCUT2D eigenvalue weighted by Crippen LogP contribution is -2.36. The van der Waals surface area contributed by atoms with Crippen LogP contribution in [-0.2, 0) is 0 Å². The number of amides is 3. The number of anilines is 2. The fourth-order valence-corrected chi connectivity index (χ4v) is 2.44. The molecule has 7 heteroatoms. The topological polar surface area (TPSA) is 95.1 Å². The summed E-state index contributed by atoms with van der Waals surface area (Å²) in [5.74, 6) is -0.232. The van der Waals surface area contributed by atoms with Crippen LogP contribution in [0.3, 0.4) is 0 Å². The van der Waals surface area contributed by atoms with Crippen LogP contribution in [0.15, 0.2) is 60.8 Å². The lowest BCUT2D eigenvalue weighted by molar-refractivity contribution is 0.0934. The van der Waals surface area contributed by atoms with Crippen LogP contribution in [0.5, 0.6) is 0 Å². The second-order valence-corrected chi connectivity index (χ2v) is 5.52. The monoisotopic (exact) mass is 349 g/mol. The minimum absolute atomic E-state index is 0.232. The highest BCUT2D eigenvalue weighted by Gasteiger charge is 2.08. The SMILES string of the molecule is CCNNC(=O)c1ccc(NC(=O)Nc2cccc3cccnc23)cc1. The summed E-state index contributed by atoms with van der Waals surface area (Å²) in [6, 6.07) is 15.6. The van der Waals surface area contributed by atoms with E-state index in [1.807, 2.05) is 31.2 Å². The molecule has 1 heterocycles. The lowest BCUT2D eigenvalue weighted by atomic mass is 10.2. The van der Waals surface area contributed by atoms with Gasteiger partial charge in [-0.25, -0.2) is 10.2 Å². The quantitative estimate of drug-likeness (QED) is 0.532. The average molecular weight is 349 g/mol. The van der Waals surface area contributed by atoms with Gasteiger partial charge < -0.3 is 10.6 Å². The Kier molecular flexibility index (Phi) is 5.40. The molecule has 1 aromatic heterocycles. The number of aromatic nitrogens is 1. The molecule has 0 saturated heterocycles. The molecule has 0 radical (unpaired) electrons. The third-order valence-corrected chi connectivity index (χ3v) is 3.66. The van der Waals surface area contributed by atoms with E-state index in [4.69, 9.17) is 0 Å². The maximum Gasteiger partial charge on any atom is 0.323 e. The summed E-state index contributed by atoms with van der Waals surface area (Å²) in [4.78, 5) is 28.4. The van der Waals surface area contributed by atoms with Gasteiger partial charge in [0, 0.05) is 29.4 Å². The van der Waals surface area contributed by atoms with Crippen molar-refractivity contribution in [2.75, 3.05) is 17.2 Å². The molecule has 3 aromatic rings. The summed E-state index contributed by atoms with van der Waals surface area (Å²) in [6.45, 7) is 2.52. The van der Waals surface area contributed by atoms with Crippen LogP contribution in [0.4, 0.5) is 16.2 Å². The number of hydrogen-bond acceptors (Lipinski definition) is 4. The zero-order chi connectivity index (χ0) is 18.4. The Morgan fingerprint density at radius 1 is 0.962 bits per heavy atom. The van der Waals surface area contributed by atoms with E-state index in [0.717, 1.165) is 10.9 Å². The second kappa shape index (κ2) is 8.09. The van der Waals surface area contributed by atoms with Gasteiger partial charge >= 0.3 is 6.03 Å². The van der Waals surface area contributed by atoms with Gasteiger partial charge in [-0.1, -0.05) is 25.1 Å². The molecule has 0 unspecified atom stereocenters. The Hall–Kier alpha value is -3.45. The first kappa shape index (κ1) is 17.4. The number of hydrogen-bond donors (Lipinski definition) is 4. The molecule has 3 rings (SSSR count). The van der Waals surface area contributed by atoms with Crippen molar-refractivity contribution in [1.82, 2.24) is 15.8 Å². The molecule has 0 spiro atoms. The van der Waals surface area contributed by atoms with Gasteiger partial charge in [0.25, 0.3) is 5.91 Å². The molecule has 7 nitrogen and oxygen atoms in total. The van der Waals surface area contributed by atoms with Gasteiger partial charge in [0.1, 0.15) is 0 Å². The molecule has 0 aliphatic heterocycles. The van der Waals surface area contributed by atoms with E-state index in [9.17, 15) is 9.59 Å². The van der Waals surface area contributed by atoms with E-state index in [0.29, 0.717) is 23.5 Å². The smallest absolute Gasteiger partial charge is 0.308 e. The molecule has 132 valence electrons. The third-order valence-electron chi connectivity index (χ3n) is 3.66. The molecule has 0 atom stereocenters. The summed E-state index contributed by atoms with van der Waals surface area (Å²) in [5, 5.41) is 6.48. The van der Waals surface area contributed by atoms with E-state index >= 15 is 0 Å². The fourth-order valence-electron chi connectivity index (χ4n) is 2.44. The van der Waals surface area contributed by atoms with Crippen LogP contribution in [0.2, 0.25) is 0 Å². The van der Waals surface area contributed by atoms with Gasteiger partial charge in [0.15, 0.2) is 0 Å². The molecule has 4 N–H and O–H groups in total. The van der Waals surface area contributed by atoms with Gasteiger partial charge in [-0.2, -0.15) is 0 Å². The van der Waals surface area contributed by atoms with Crippen molar-refractivity contribution in [3.05, 3.63) is 66.4 Å². The van der Waals surface area contributed by atoms with E-state index in [1.165, 1.54) is 0 Å². The fraction of sp³-hybridized carbons (Fsp3) is 0.105. The number of nitrogens with one attached hydrogen (secondary N) is 4. The summed E-state index contributed by atoms with van der Waals surface area (Å²) in [6.07, 6.45) is 1.68. The van der Waals surface area contributed by atoms with E-state index < -0.39 is 0 Å². The Morgan fingerprint density at radius 3 is 2.50 bits per heavy atom. The Morgan fingerprint density at radius 2 is 1.73 bits per heavy atom. The van der Waals surface area contributed by atoms with Crippen LogP contribution in [0.1, 0.15) is 17.3 Å². The molecular weight excluding hydrogens is 330 g/mol. The van der Waals surface area contributed by atoms with E-state index in [-0.39, 0.29) is 11.9 Å². The molecule has 3 amide bonds. The zero-order valence-corrected chi connectivity index (χ0v) is 14.2. The molecule has 0 aliphatic rings. The molecule has 2 aromatic carbocycles. The van der Waals surface area contributed by atoms with E-state index in [1.54, 1.807) is 36.5 Å². The van der Waals surface area contributed by atoms with Crippen molar-refractivity contribution in [2.45, 2.75) is 6.92 Å². The highest BCUT2D eigenvalue weighted by molar-refractivity contribution is 6.05. The Bertz CT molecular complexity index is 919. The molecule has 0 fully saturated rings. The predicted molar refractivity (Wildman–Crippen MR) is 102 cm³/mol. The Labute approximate surface area is 150 Å². The van der Waals surface area contributed by atoms with Crippen molar-refractivity contribution in [3.8, 4) is 0 Å². The number of urea groups is 1. The van der Waals surface area contributed by atoms with Crippen molar-refractivity contribution >= 4 is 34.2 Å². The first-order chi connectivity index (χ1) is 12.7. The molecule has 26 heavy (non-hydrogen) atoms. The van der Waals surface area contributed by atoms with Gasteiger partial charge in [-0.05, 0) is 36.4 Å². The van der Waals surface area contributed by atoms with Gasteiger partial charge in [0.05, 0.1) is 11.2 Å². The van der Waals surface area contributed by atoms with Crippen molar-refractivity contribution < 1.29 is 9.59 Å². The number of hydrazine groups is 1. The van der Waals surface area contributed by atoms with Gasteiger partial charge in [-0.15, -0.1) is 0 Å². The minimum atomic E-state index is -0.381. The standard InChI is InChI=1S/C19H19N5O2/c1-2-21-24-18(25)14-8-10-15(11-9-14)22-19(26)23-16-7-3-5-13-6-4-12-20-17(13)16/h3-12,21H,2H2,1H3,(H,24,25)(H2,22,23,26). The lowest BCUT2D eigenvalue weighted by Gasteiger charge is -2.10. The number of rotatable bonds is 5. The summed E-state index contributed by atoms with van der Waals surface area (Å²) in [7, 11) is 0. The summed E-state index contributed by atoms with van der Waals surface area (Å²) >= 11 is 0. The van der Waals surface area contributed by atoms with Gasteiger partial charge in [0.2, 0.25) is 0 Å². The van der Waals surface area contributed by atoms with Crippen LogP contribution in [0.25, 0.3) is 10.9 Å². The highest BCUT2D eigenvalue weighted by atomic mass is 16.2. The maximum absolute atomic E-state index is 12.2. The highest BCUT2D eigenvalue weighted by Crippen LogP contribution is 2.21. The van der Waals surface area contributed by atoms with E-state index in [2.05, 4.69) is 26.5 Å². The summed E-state index contributed by atoms with van der Waals surface area (Å²) < 4.78 is 0. The van der Waals surface area contributed by atoms with Crippen LogP contribution in [0, 0.1) is 0 Å². The number of fused-ring (bicyclic) bond motifs is 1. The first-order valence-electron chi connectivity index (χ1n) is 8.22. The number of nitrogens with zero attached hydrogens (tertiary/aromatic N) is 1. The minimum Gasteiger partial charge on any atom is -0.308 e. The third kappa shape index (κ3) is 4.14.